The van der Waals surface area contributed by atoms with E-state index in [0.29, 0.717) is 34.7 Å². The van der Waals surface area contributed by atoms with Gasteiger partial charge in [0.15, 0.2) is 6.29 Å². The van der Waals surface area contributed by atoms with Gasteiger partial charge in [-0.1, -0.05) is 34.9 Å². The SMILES string of the molecule is CC(C)=CCC/C(C)=C/CC/C(C)=C/CC[C@H](O)c1c(C)[nH]c(/C=c2\[nH]/c(=C\c3[nH]c(C)c(C)c3CCC(=O)O)c(CCC(=O)O)c2C=O)c1C. The summed E-state index contributed by atoms with van der Waals surface area (Å²) in [6.07, 6.45) is 16.3. The molecule has 3 heterocycles. The van der Waals surface area contributed by atoms with Gasteiger partial charge in [-0.05, 0) is 141 Å². The molecule has 276 valence electrons. The van der Waals surface area contributed by atoms with Crippen molar-refractivity contribution in [2.24, 2.45) is 0 Å². The van der Waals surface area contributed by atoms with Gasteiger partial charge < -0.3 is 30.3 Å². The number of carboxylic acids is 2. The Labute approximate surface area is 302 Å². The topological polar surface area (TPSA) is 159 Å². The Morgan fingerprint density at radius 2 is 1.22 bits per heavy atom. The molecule has 6 N–H and O–H groups in total. The molecular formula is C42H57N3O6. The van der Waals surface area contributed by atoms with Crippen molar-refractivity contribution in [1.82, 2.24) is 15.0 Å². The Morgan fingerprint density at radius 1 is 0.667 bits per heavy atom. The van der Waals surface area contributed by atoms with Gasteiger partial charge in [0.05, 0.1) is 11.5 Å². The van der Waals surface area contributed by atoms with Gasteiger partial charge in [-0.3, -0.25) is 14.4 Å². The van der Waals surface area contributed by atoms with Crippen molar-refractivity contribution in [2.75, 3.05) is 0 Å². The number of carbonyl (C=O) groups excluding carboxylic acids is 1. The largest absolute Gasteiger partial charge is 0.481 e. The molecule has 3 aromatic heterocycles. The highest BCUT2D eigenvalue weighted by Crippen LogP contribution is 2.29. The number of aldehydes is 1. The minimum atomic E-state index is -0.976. The van der Waals surface area contributed by atoms with Crippen LogP contribution in [-0.4, -0.2) is 48.5 Å². The number of H-pyrrole nitrogens is 3. The molecule has 51 heavy (non-hydrogen) atoms. The molecule has 3 aromatic rings. The molecule has 0 radical (unpaired) electrons. The van der Waals surface area contributed by atoms with Crippen LogP contribution in [-0.2, 0) is 22.4 Å². The summed E-state index contributed by atoms with van der Waals surface area (Å²) in [5.41, 5.74) is 11.8. The van der Waals surface area contributed by atoms with E-state index in [1.54, 1.807) is 0 Å². The maximum atomic E-state index is 12.5. The Balaban J connectivity index is 1.89. The Hall–Kier alpha value is -4.63. The highest BCUT2D eigenvalue weighted by molar-refractivity contribution is 5.80. The first-order valence-electron chi connectivity index (χ1n) is 18.0. The molecule has 0 aliphatic heterocycles. The molecule has 9 nitrogen and oxygen atoms in total. The zero-order valence-corrected chi connectivity index (χ0v) is 31.7. The molecule has 0 amide bonds. The van der Waals surface area contributed by atoms with Gasteiger partial charge in [0.1, 0.15) is 0 Å². The first kappa shape index (κ1) is 40.8. The monoisotopic (exact) mass is 699 g/mol. The number of allylic oxidation sites excluding steroid dienone is 6. The number of aromatic nitrogens is 3. The first-order valence-corrected chi connectivity index (χ1v) is 18.0. The van der Waals surface area contributed by atoms with Gasteiger partial charge in [-0.2, -0.15) is 0 Å². The average Bonchev–Trinajstić information content (AvgIpc) is 3.62. The van der Waals surface area contributed by atoms with Crippen LogP contribution in [0.25, 0.3) is 12.2 Å². The minimum Gasteiger partial charge on any atom is -0.481 e. The van der Waals surface area contributed by atoms with Crippen molar-refractivity contribution in [3.63, 3.8) is 0 Å². The molecule has 1 atom stereocenters. The summed E-state index contributed by atoms with van der Waals surface area (Å²) in [4.78, 5) is 45.5. The van der Waals surface area contributed by atoms with E-state index in [0.717, 1.165) is 83.4 Å². The summed E-state index contributed by atoms with van der Waals surface area (Å²) in [5.74, 6) is -1.87. The Kier molecular flexibility index (Phi) is 15.3. The smallest absolute Gasteiger partial charge is 0.303 e. The zero-order valence-electron chi connectivity index (χ0n) is 31.7. The standard InChI is InChI=1S/C42H57N3O6/c1-25(2)12-9-13-26(3)14-10-15-27(4)16-11-17-39(47)42-29(6)35(44-31(42)8)22-38-34(24-46)33(19-21-41(50)51)37(45-38)23-36-32(18-20-40(48)49)28(5)30(7)43-36/h12,14,16,22-24,39,43-45,47H,9-11,13,15,17-21H2,1-8H3,(H,48,49)(H,50,51)/b26-14+,27-16+,37-23-,38-22-/t39-/m0/s1. The normalized spacial score (nSPS) is 13.6. The summed E-state index contributed by atoms with van der Waals surface area (Å²) in [5, 5.41) is 31.1. The lowest BCUT2D eigenvalue weighted by atomic mass is 9.99. The van der Waals surface area contributed by atoms with E-state index in [1.165, 1.54) is 16.7 Å². The zero-order chi connectivity index (χ0) is 37.8. The second-order valence-corrected chi connectivity index (χ2v) is 14.1. The van der Waals surface area contributed by atoms with Crippen LogP contribution in [0, 0.1) is 27.7 Å². The summed E-state index contributed by atoms with van der Waals surface area (Å²) in [6, 6.07) is 0. The lowest BCUT2D eigenvalue weighted by molar-refractivity contribution is -0.138. The van der Waals surface area contributed by atoms with Crippen molar-refractivity contribution in [2.45, 2.75) is 126 Å². The number of nitrogens with one attached hydrogen (secondary N) is 3. The van der Waals surface area contributed by atoms with E-state index >= 15 is 0 Å². The second kappa shape index (κ2) is 19.1. The predicted octanol–water partition coefficient (Wildman–Crippen LogP) is 7.64. The van der Waals surface area contributed by atoms with E-state index in [2.05, 4.69) is 60.9 Å². The van der Waals surface area contributed by atoms with Crippen LogP contribution < -0.4 is 10.7 Å². The fraction of sp³-hybridized carbons (Fsp3) is 0.452. The number of aliphatic carboxylic acids is 2. The molecule has 9 heteroatoms. The van der Waals surface area contributed by atoms with Gasteiger partial charge in [-0.15, -0.1) is 0 Å². The molecular weight excluding hydrogens is 642 g/mol. The quantitative estimate of drug-likeness (QED) is 0.0557. The highest BCUT2D eigenvalue weighted by Gasteiger charge is 2.19. The number of aliphatic hydroxyl groups is 1. The number of rotatable bonds is 19. The molecule has 0 spiro atoms. The number of carbonyl (C=O) groups is 3. The highest BCUT2D eigenvalue weighted by atomic mass is 16.4. The Bertz CT molecular complexity index is 1920. The van der Waals surface area contributed by atoms with E-state index in [1.807, 2.05) is 39.8 Å². The lowest BCUT2D eigenvalue weighted by Gasteiger charge is -2.11. The van der Waals surface area contributed by atoms with Crippen LogP contribution in [0.15, 0.2) is 34.9 Å². The molecule has 0 unspecified atom stereocenters. The molecule has 0 saturated heterocycles. The maximum absolute atomic E-state index is 12.5. The lowest BCUT2D eigenvalue weighted by Crippen LogP contribution is -2.14. The van der Waals surface area contributed by atoms with Crippen LogP contribution in [0.4, 0.5) is 0 Å². The van der Waals surface area contributed by atoms with Crippen molar-refractivity contribution in [3.05, 3.63) is 102 Å². The van der Waals surface area contributed by atoms with E-state index < -0.39 is 18.0 Å². The van der Waals surface area contributed by atoms with Gasteiger partial charge in [0.25, 0.3) is 0 Å². The first-order chi connectivity index (χ1) is 24.1. The van der Waals surface area contributed by atoms with Crippen molar-refractivity contribution >= 4 is 30.4 Å². The summed E-state index contributed by atoms with van der Waals surface area (Å²) in [7, 11) is 0. The van der Waals surface area contributed by atoms with Gasteiger partial charge in [-0.25, -0.2) is 0 Å². The number of aryl methyl sites for hydroxylation is 2. The maximum Gasteiger partial charge on any atom is 0.303 e. The van der Waals surface area contributed by atoms with E-state index in [9.17, 15) is 29.7 Å². The third-order valence-electron chi connectivity index (χ3n) is 9.67. The van der Waals surface area contributed by atoms with Crippen molar-refractivity contribution in [3.8, 4) is 0 Å². The number of carboxylic acid groups (broad SMARTS) is 2. The summed E-state index contributed by atoms with van der Waals surface area (Å²) >= 11 is 0. The number of aliphatic hydroxyl groups excluding tert-OH is 1. The molecule has 0 saturated carbocycles. The van der Waals surface area contributed by atoms with Crippen molar-refractivity contribution < 1.29 is 29.7 Å². The van der Waals surface area contributed by atoms with Crippen LogP contribution >= 0.6 is 0 Å². The summed E-state index contributed by atoms with van der Waals surface area (Å²) in [6.45, 7) is 16.3. The molecule has 3 rings (SSSR count). The third kappa shape index (κ3) is 11.7. The van der Waals surface area contributed by atoms with E-state index in [4.69, 9.17) is 0 Å². The fourth-order valence-corrected chi connectivity index (χ4v) is 6.64. The van der Waals surface area contributed by atoms with Crippen LogP contribution in [0.1, 0.15) is 146 Å². The summed E-state index contributed by atoms with van der Waals surface area (Å²) < 4.78 is 0. The third-order valence-corrected chi connectivity index (χ3v) is 9.67. The minimum absolute atomic E-state index is 0.0294. The van der Waals surface area contributed by atoms with Gasteiger partial charge >= 0.3 is 11.9 Å². The second-order valence-electron chi connectivity index (χ2n) is 14.1. The molecule has 0 aromatic carbocycles. The van der Waals surface area contributed by atoms with Crippen LogP contribution in [0.5, 0.6) is 0 Å². The van der Waals surface area contributed by atoms with Crippen molar-refractivity contribution in [1.29, 1.82) is 0 Å². The predicted molar refractivity (Wildman–Crippen MR) is 205 cm³/mol. The number of hydrogen-bond acceptors (Lipinski definition) is 4. The molecule has 0 bridgehead atoms. The number of hydrogen-bond donors (Lipinski definition) is 6. The molecule has 0 aliphatic carbocycles. The van der Waals surface area contributed by atoms with Crippen LogP contribution in [0.2, 0.25) is 0 Å². The molecule has 0 fully saturated rings. The van der Waals surface area contributed by atoms with Crippen LogP contribution in [0.3, 0.4) is 0 Å². The fourth-order valence-electron chi connectivity index (χ4n) is 6.64. The number of aromatic amines is 3. The van der Waals surface area contributed by atoms with Gasteiger partial charge in [0, 0.05) is 52.1 Å². The average molecular weight is 700 g/mol. The van der Waals surface area contributed by atoms with E-state index in [-0.39, 0.29) is 19.3 Å². The molecule has 0 aliphatic rings. The Morgan fingerprint density at radius 3 is 1.80 bits per heavy atom. The van der Waals surface area contributed by atoms with Gasteiger partial charge in [0.2, 0.25) is 0 Å².